The van der Waals surface area contributed by atoms with Crippen molar-refractivity contribution in [3.8, 4) is 0 Å². The molecule has 1 aliphatic carbocycles. The summed E-state index contributed by atoms with van der Waals surface area (Å²) in [6.45, 7) is 2.41. The van der Waals surface area contributed by atoms with Crippen LogP contribution in [0.15, 0.2) is 34.2 Å². The van der Waals surface area contributed by atoms with Crippen molar-refractivity contribution in [2.75, 3.05) is 17.7 Å². The third-order valence-electron chi connectivity index (χ3n) is 4.37. The highest BCUT2D eigenvalue weighted by molar-refractivity contribution is 7.99. The van der Waals surface area contributed by atoms with Gasteiger partial charge in [0.2, 0.25) is 5.91 Å². The molecule has 148 valence electrons. The number of carbonyl (C=O) groups excluding carboxylic acids is 2. The first-order valence-corrected chi connectivity index (χ1v) is 10.4. The Hall–Kier alpha value is -2.61. The molecule has 0 radical (unpaired) electrons. The molecule has 7 nitrogen and oxygen atoms in total. The quantitative estimate of drug-likeness (QED) is 0.305. The molecular formula is C20H23N3O4S. The fourth-order valence-electron chi connectivity index (χ4n) is 2.93. The van der Waals surface area contributed by atoms with Gasteiger partial charge in [0.1, 0.15) is 0 Å². The van der Waals surface area contributed by atoms with E-state index in [4.69, 9.17) is 4.74 Å². The molecular weight excluding hydrogens is 378 g/mol. The molecule has 3 rings (SSSR count). The Balaban J connectivity index is 1.55. The van der Waals surface area contributed by atoms with Gasteiger partial charge in [-0.15, -0.1) is 0 Å². The van der Waals surface area contributed by atoms with Crippen LogP contribution in [-0.2, 0) is 22.4 Å². The number of aromatic nitrogens is 2. The number of ether oxygens (including phenoxy) is 1. The molecule has 1 amide bonds. The Labute approximate surface area is 167 Å². The average molecular weight is 401 g/mol. The highest BCUT2D eigenvalue weighted by Crippen LogP contribution is 2.20. The van der Waals surface area contributed by atoms with Crippen LogP contribution in [0.5, 0.6) is 0 Å². The lowest BCUT2D eigenvalue weighted by molar-refractivity contribution is -0.113. The Bertz CT molecular complexity index is 926. The molecule has 0 saturated carbocycles. The molecule has 0 fully saturated rings. The maximum Gasteiger partial charge on any atom is 0.338 e. The van der Waals surface area contributed by atoms with Gasteiger partial charge < -0.3 is 15.0 Å². The van der Waals surface area contributed by atoms with E-state index in [1.807, 2.05) is 6.92 Å². The van der Waals surface area contributed by atoms with Gasteiger partial charge in [-0.05, 0) is 43.9 Å². The van der Waals surface area contributed by atoms with Crippen molar-refractivity contribution in [2.24, 2.45) is 0 Å². The minimum atomic E-state index is -0.404. The van der Waals surface area contributed by atoms with Crippen LogP contribution >= 0.6 is 11.8 Å². The van der Waals surface area contributed by atoms with Crippen LogP contribution in [0.3, 0.4) is 0 Å². The molecule has 1 aromatic heterocycles. The van der Waals surface area contributed by atoms with Crippen LogP contribution in [0, 0.1) is 0 Å². The molecule has 1 aliphatic rings. The first-order chi connectivity index (χ1) is 13.6. The maximum absolute atomic E-state index is 12.2. The molecule has 2 aromatic rings. The van der Waals surface area contributed by atoms with Crippen LogP contribution in [0.2, 0.25) is 0 Å². The summed E-state index contributed by atoms with van der Waals surface area (Å²) >= 11 is 1.18. The van der Waals surface area contributed by atoms with Crippen molar-refractivity contribution in [3.63, 3.8) is 0 Å². The lowest BCUT2D eigenvalue weighted by atomic mass is 10.2. The Morgan fingerprint density at radius 1 is 1.32 bits per heavy atom. The molecule has 1 heterocycles. The van der Waals surface area contributed by atoms with E-state index in [-0.39, 0.29) is 17.2 Å². The van der Waals surface area contributed by atoms with Gasteiger partial charge in [-0.2, -0.15) is 0 Å². The van der Waals surface area contributed by atoms with Crippen molar-refractivity contribution >= 4 is 29.3 Å². The molecule has 0 spiro atoms. The summed E-state index contributed by atoms with van der Waals surface area (Å²) in [4.78, 5) is 43.4. The molecule has 0 atom stereocenters. The van der Waals surface area contributed by atoms with E-state index >= 15 is 0 Å². The van der Waals surface area contributed by atoms with Crippen molar-refractivity contribution in [2.45, 2.75) is 44.2 Å². The summed E-state index contributed by atoms with van der Waals surface area (Å²) in [5.41, 5.74) is 2.40. The summed E-state index contributed by atoms with van der Waals surface area (Å²) in [5.74, 6) is -0.545. The highest BCUT2D eigenvalue weighted by Gasteiger charge is 2.17. The maximum atomic E-state index is 12.2. The van der Waals surface area contributed by atoms with E-state index in [2.05, 4.69) is 15.3 Å². The first-order valence-electron chi connectivity index (χ1n) is 9.38. The fraction of sp³-hybridized carbons (Fsp3) is 0.400. The van der Waals surface area contributed by atoms with Gasteiger partial charge in [0.15, 0.2) is 5.16 Å². The second kappa shape index (κ2) is 9.54. The summed E-state index contributed by atoms with van der Waals surface area (Å²) in [6, 6.07) is 6.64. The predicted octanol–water partition coefficient (Wildman–Crippen LogP) is 2.95. The third-order valence-corrected chi connectivity index (χ3v) is 5.25. The molecule has 0 unspecified atom stereocenters. The van der Waals surface area contributed by atoms with Gasteiger partial charge in [-0.1, -0.05) is 31.2 Å². The number of amides is 1. The zero-order chi connectivity index (χ0) is 19.9. The molecule has 2 N–H and O–H groups in total. The van der Waals surface area contributed by atoms with Crippen molar-refractivity contribution in [3.05, 3.63) is 51.4 Å². The number of nitrogens with one attached hydrogen (secondary N) is 2. The SMILES string of the molecule is CCCCOC(=O)c1cccc(NC(=O)CSc2nc3c(c(=O)[nH]2)CCC3)c1. The normalized spacial score (nSPS) is 12.5. The molecule has 1 aromatic carbocycles. The number of benzene rings is 1. The largest absolute Gasteiger partial charge is 0.462 e. The van der Waals surface area contributed by atoms with Crippen molar-refractivity contribution in [1.29, 1.82) is 0 Å². The second-order valence-corrected chi connectivity index (χ2v) is 7.52. The Kier molecular flexibility index (Phi) is 6.86. The van der Waals surface area contributed by atoms with Crippen LogP contribution < -0.4 is 10.9 Å². The highest BCUT2D eigenvalue weighted by atomic mass is 32.2. The average Bonchev–Trinajstić information content (AvgIpc) is 3.16. The van der Waals surface area contributed by atoms with Gasteiger partial charge in [0, 0.05) is 11.3 Å². The van der Waals surface area contributed by atoms with Crippen LogP contribution in [0.25, 0.3) is 0 Å². The number of nitrogens with zero attached hydrogens (tertiary/aromatic N) is 1. The van der Waals surface area contributed by atoms with E-state index in [1.54, 1.807) is 24.3 Å². The minimum Gasteiger partial charge on any atom is -0.462 e. The summed E-state index contributed by atoms with van der Waals surface area (Å²) in [5, 5.41) is 3.21. The van der Waals surface area contributed by atoms with Crippen LogP contribution in [-0.4, -0.2) is 34.2 Å². The van der Waals surface area contributed by atoms with Crippen molar-refractivity contribution in [1.82, 2.24) is 9.97 Å². The number of carbonyl (C=O) groups is 2. The zero-order valence-corrected chi connectivity index (χ0v) is 16.6. The number of aryl methyl sites for hydroxylation is 1. The fourth-order valence-corrected chi connectivity index (χ4v) is 3.61. The van der Waals surface area contributed by atoms with E-state index in [0.717, 1.165) is 43.4 Å². The number of esters is 1. The number of fused-ring (bicyclic) bond motifs is 1. The van der Waals surface area contributed by atoms with Gasteiger partial charge in [0.25, 0.3) is 5.56 Å². The monoisotopic (exact) mass is 401 g/mol. The van der Waals surface area contributed by atoms with Crippen LogP contribution in [0.1, 0.15) is 47.8 Å². The molecule has 8 heteroatoms. The van der Waals surface area contributed by atoms with Gasteiger partial charge in [0.05, 0.1) is 23.6 Å². The van der Waals surface area contributed by atoms with E-state index < -0.39 is 5.97 Å². The Morgan fingerprint density at radius 2 is 2.18 bits per heavy atom. The summed E-state index contributed by atoms with van der Waals surface area (Å²) in [7, 11) is 0. The first kappa shape index (κ1) is 20.1. The van der Waals surface area contributed by atoms with Gasteiger partial charge >= 0.3 is 5.97 Å². The number of unbranched alkanes of at least 4 members (excludes halogenated alkanes) is 1. The second-order valence-electron chi connectivity index (χ2n) is 6.56. The standard InChI is InChI=1S/C20H23N3O4S/c1-2-3-10-27-19(26)13-6-4-7-14(11-13)21-17(24)12-28-20-22-16-9-5-8-15(16)18(25)23-20/h4,6-7,11H,2-3,5,8-10,12H2,1H3,(H,21,24)(H,22,23,25). The van der Waals surface area contributed by atoms with E-state index in [0.29, 0.717) is 23.0 Å². The van der Waals surface area contributed by atoms with Gasteiger partial charge in [-0.3, -0.25) is 9.59 Å². The van der Waals surface area contributed by atoms with E-state index in [9.17, 15) is 14.4 Å². The Morgan fingerprint density at radius 3 is 3.00 bits per heavy atom. The lowest BCUT2D eigenvalue weighted by Gasteiger charge is -2.08. The lowest BCUT2D eigenvalue weighted by Crippen LogP contribution is -2.17. The number of rotatable bonds is 8. The number of hydrogen-bond acceptors (Lipinski definition) is 6. The zero-order valence-electron chi connectivity index (χ0n) is 15.7. The number of thioether (sulfide) groups is 1. The number of anilines is 1. The molecule has 28 heavy (non-hydrogen) atoms. The minimum absolute atomic E-state index is 0.104. The van der Waals surface area contributed by atoms with Crippen molar-refractivity contribution < 1.29 is 14.3 Å². The number of hydrogen-bond donors (Lipinski definition) is 2. The van der Waals surface area contributed by atoms with E-state index in [1.165, 1.54) is 11.8 Å². The molecule has 0 saturated heterocycles. The van der Waals surface area contributed by atoms with Gasteiger partial charge in [-0.25, -0.2) is 9.78 Å². The third kappa shape index (κ3) is 5.22. The number of aromatic amines is 1. The smallest absolute Gasteiger partial charge is 0.338 e. The summed E-state index contributed by atoms with van der Waals surface area (Å²) in [6.07, 6.45) is 4.28. The summed E-state index contributed by atoms with van der Waals surface area (Å²) < 4.78 is 5.18. The molecule has 0 bridgehead atoms. The topological polar surface area (TPSA) is 101 Å². The number of H-pyrrole nitrogens is 1. The predicted molar refractivity (Wildman–Crippen MR) is 108 cm³/mol. The van der Waals surface area contributed by atoms with Crippen LogP contribution in [0.4, 0.5) is 5.69 Å². The molecule has 0 aliphatic heterocycles.